The maximum absolute atomic E-state index is 14.3. The fraction of sp³-hybridized carbons (Fsp3) is 0.533. The molecule has 0 radical (unpaired) electrons. The van der Waals surface area contributed by atoms with E-state index < -0.39 is 54.9 Å². The van der Waals surface area contributed by atoms with E-state index in [-0.39, 0.29) is 47.6 Å². The number of nitrogens with one attached hydrogen (secondary N) is 3. The average Bonchev–Trinajstić information content (AvgIpc) is 3.62. The highest BCUT2D eigenvalue weighted by molar-refractivity contribution is 7.52. The number of hydrogen-bond acceptors (Lipinski definition) is 7. The van der Waals surface area contributed by atoms with Gasteiger partial charge in [-0.05, 0) is 56.2 Å². The molecule has 258 valence electrons. The Morgan fingerprint density at radius 3 is 2.53 bits per heavy atom. The quantitative estimate of drug-likeness (QED) is 0.203. The Morgan fingerprint density at radius 2 is 1.91 bits per heavy atom. The Hall–Kier alpha value is -4.01. The van der Waals surface area contributed by atoms with Crippen LogP contribution in [0.1, 0.15) is 62.0 Å². The van der Waals surface area contributed by atoms with Crippen LogP contribution in [-0.4, -0.2) is 92.8 Å². The Morgan fingerprint density at radius 1 is 1.21 bits per heavy atom. The molecule has 2 aliphatic heterocycles. The van der Waals surface area contributed by atoms with Crippen molar-refractivity contribution in [1.29, 1.82) is 0 Å². The zero-order chi connectivity index (χ0) is 34.8. The second kappa shape index (κ2) is 14.0. The molecule has 0 spiro atoms. The highest BCUT2D eigenvalue weighted by Crippen LogP contribution is 2.59. The molecule has 4 amide bonds. The van der Waals surface area contributed by atoms with Crippen LogP contribution < -0.4 is 16.4 Å². The number of rotatable bonds is 10. The van der Waals surface area contributed by atoms with E-state index >= 15 is 0 Å². The second-order valence-electron chi connectivity index (χ2n) is 12.3. The zero-order valence-corrected chi connectivity index (χ0v) is 27.3. The Balaban J connectivity index is 1.60. The van der Waals surface area contributed by atoms with Crippen molar-refractivity contribution in [2.24, 2.45) is 11.7 Å². The molecule has 0 bridgehead atoms. The molecule has 17 heteroatoms. The van der Waals surface area contributed by atoms with Crippen LogP contribution in [0.3, 0.4) is 0 Å². The van der Waals surface area contributed by atoms with Crippen molar-refractivity contribution in [2.45, 2.75) is 75.8 Å². The molecular formula is C30H41F2N6O8P. The van der Waals surface area contributed by atoms with Gasteiger partial charge in [-0.1, -0.05) is 26.5 Å². The van der Waals surface area contributed by atoms with Gasteiger partial charge >= 0.3 is 19.4 Å². The molecule has 3 heterocycles. The summed E-state index contributed by atoms with van der Waals surface area (Å²) in [6, 6.07) is 1.30. The summed E-state index contributed by atoms with van der Waals surface area (Å²) in [7, 11) is -4.63. The number of H-pyrrole nitrogens is 1. The van der Waals surface area contributed by atoms with Crippen LogP contribution in [0.5, 0.6) is 0 Å². The number of nitrogens with zero attached hydrogens (tertiary/aromatic N) is 2. The van der Waals surface area contributed by atoms with Gasteiger partial charge in [0.2, 0.25) is 11.8 Å². The minimum absolute atomic E-state index is 0.0650. The molecule has 2 aliphatic rings. The summed E-state index contributed by atoms with van der Waals surface area (Å²) in [6.07, 6.45) is 1.63. The number of allylic oxidation sites excluding steroid dienone is 1. The number of amides is 4. The largest absolute Gasteiger partial charge is 0.453 e. The van der Waals surface area contributed by atoms with Crippen LogP contribution in [0.4, 0.5) is 13.6 Å². The van der Waals surface area contributed by atoms with E-state index in [0.717, 1.165) is 18.2 Å². The van der Waals surface area contributed by atoms with E-state index in [1.54, 1.807) is 0 Å². The van der Waals surface area contributed by atoms with E-state index in [2.05, 4.69) is 22.2 Å². The Bertz CT molecular complexity index is 1590. The molecule has 0 unspecified atom stereocenters. The smallest absolute Gasteiger partial charge is 0.409 e. The molecule has 7 N–H and O–H groups in total. The predicted molar refractivity (Wildman–Crippen MR) is 167 cm³/mol. The van der Waals surface area contributed by atoms with Gasteiger partial charge in [0.25, 0.3) is 5.91 Å². The van der Waals surface area contributed by atoms with Gasteiger partial charge in [0, 0.05) is 40.8 Å². The van der Waals surface area contributed by atoms with Crippen molar-refractivity contribution in [1.82, 2.24) is 25.4 Å². The highest BCUT2D eigenvalue weighted by Gasteiger charge is 2.50. The number of carbonyl (C=O) groups is 4. The van der Waals surface area contributed by atoms with Gasteiger partial charge in [-0.15, -0.1) is 0 Å². The molecule has 1 aromatic carbocycles. The SMILES string of the molecule is C=C(N)CC[C@H](NC(=O)[C@@H]1CC[C@@H]2CCN(C(=O)OC)C[C@H](NC(=O)c3cc4cc(C(F)(F)P(=O)(O)O)ccc4[nH]3)C(=O)N21)C(C)C. The third-order valence-corrected chi connectivity index (χ3v) is 9.71. The fourth-order valence-electron chi connectivity index (χ4n) is 6.07. The number of aromatic nitrogens is 1. The van der Waals surface area contributed by atoms with Gasteiger partial charge < -0.3 is 45.7 Å². The first kappa shape index (κ1) is 35.8. The van der Waals surface area contributed by atoms with Crippen LogP contribution in [0.2, 0.25) is 0 Å². The number of aromatic amines is 1. The molecule has 47 heavy (non-hydrogen) atoms. The van der Waals surface area contributed by atoms with E-state index in [1.807, 2.05) is 13.8 Å². The van der Waals surface area contributed by atoms with Crippen LogP contribution in [0, 0.1) is 5.92 Å². The molecule has 4 atom stereocenters. The summed E-state index contributed by atoms with van der Waals surface area (Å²) in [5.74, 6) is -1.65. The Kier molecular flexibility index (Phi) is 10.7. The first-order chi connectivity index (χ1) is 21.9. The highest BCUT2D eigenvalue weighted by atomic mass is 31.2. The van der Waals surface area contributed by atoms with Gasteiger partial charge in [0.1, 0.15) is 17.8 Å². The topological polar surface area (TPSA) is 207 Å². The number of fused-ring (bicyclic) bond motifs is 2. The third-order valence-electron chi connectivity index (χ3n) is 8.72. The molecule has 14 nitrogen and oxygen atoms in total. The summed E-state index contributed by atoms with van der Waals surface area (Å²) in [6.45, 7) is 7.57. The summed E-state index contributed by atoms with van der Waals surface area (Å²) < 4.78 is 44.9. The first-order valence-electron chi connectivity index (χ1n) is 15.2. The van der Waals surface area contributed by atoms with Crippen LogP contribution in [0.25, 0.3) is 10.9 Å². The fourth-order valence-corrected chi connectivity index (χ4v) is 6.55. The van der Waals surface area contributed by atoms with Gasteiger partial charge in [-0.2, -0.15) is 8.78 Å². The molecule has 2 saturated heterocycles. The van der Waals surface area contributed by atoms with E-state index in [4.69, 9.17) is 20.3 Å². The third kappa shape index (κ3) is 7.77. The van der Waals surface area contributed by atoms with Gasteiger partial charge in [0.15, 0.2) is 0 Å². The lowest BCUT2D eigenvalue weighted by Gasteiger charge is -2.38. The summed E-state index contributed by atoms with van der Waals surface area (Å²) in [5.41, 5.74) is 0.925. The number of carbonyl (C=O) groups excluding carboxylic acids is 4. The number of nitrogens with two attached hydrogens (primary N) is 1. The molecule has 2 fully saturated rings. The maximum atomic E-state index is 14.3. The second-order valence-corrected chi connectivity index (χ2v) is 14.0. The number of hydrogen-bond donors (Lipinski definition) is 6. The summed E-state index contributed by atoms with van der Waals surface area (Å²) in [5, 5.41) is 5.73. The summed E-state index contributed by atoms with van der Waals surface area (Å²) >= 11 is 0. The van der Waals surface area contributed by atoms with Crippen LogP contribution in [0.15, 0.2) is 36.5 Å². The maximum Gasteiger partial charge on any atom is 0.409 e. The minimum Gasteiger partial charge on any atom is -0.453 e. The molecule has 1 aromatic heterocycles. The predicted octanol–water partition coefficient (Wildman–Crippen LogP) is 2.72. The Labute approximate surface area is 270 Å². The van der Waals surface area contributed by atoms with Gasteiger partial charge in [0.05, 0.1) is 13.7 Å². The van der Waals surface area contributed by atoms with Crippen molar-refractivity contribution in [3.05, 3.63) is 47.8 Å². The van der Waals surface area contributed by atoms with Gasteiger partial charge in [-0.25, -0.2) is 4.79 Å². The molecule has 4 rings (SSSR count). The monoisotopic (exact) mass is 682 g/mol. The number of ether oxygens (including phenoxy) is 1. The standard InChI is InChI=1S/C30H41F2N6O8P/c1-16(2)21(8-5-17(3)33)35-27(40)25-10-7-20-11-12-37(29(42)46-4)15-24(28(41)38(20)25)36-26(39)23-14-18-13-19(6-9-22(18)34-23)30(31,32)47(43,44)45/h6,9,13-14,16,20-21,24-25,34H,3,5,7-8,10-12,15,33H2,1-2,4H3,(H,35,40)(H,36,39)(H2,43,44,45)/t20-,21+,24+,25+/m1/s1. The number of alkyl halides is 2. The van der Waals surface area contributed by atoms with Crippen molar-refractivity contribution in [3.63, 3.8) is 0 Å². The zero-order valence-electron chi connectivity index (χ0n) is 26.4. The minimum atomic E-state index is -5.82. The average molecular weight is 683 g/mol. The molecule has 0 aliphatic carbocycles. The summed E-state index contributed by atoms with van der Waals surface area (Å²) in [4.78, 5) is 77.5. The lowest BCUT2D eigenvalue weighted by molar-refractivity contribution is -0.143. The van der Waals surface area contributed by atoms with Crippen molar-refractivity contribution < 1.29 is 47.0 Å². The van der Waals surface area contributed by atoms with Crippen molar-refractivity contribution in [3.8, 4) is 0 Å². The number of halogens is 2. The lowest BCUT2D eigenvalue weighted by Crippen LogP contribution is -2.61. The van der Waals surface area contributed by atoms with Crippen molar-refractivity contribution in [2.75, 3.05) is 20.2 Å². The number of benzene rings is 1. The van der Waals surface area contributed by atoms with E-state index in [0.29, 0.717) is 37.8 Å². The lowest BCUT2D eigenvalue weighted by atomic mass is 9.98. The van der Waals surface area contributed by atoms with E-state index in [1.165, 1.54) is 23.0 Å². The van der Waals surface area contributed by atoms with Crippen LogP contribution >= 0.6 is 7.60 Å². The normalized spacial score (nSPS) is 21.2. The van der Waals surface area contributed by atoms with Gasteiger partial charge in [-0.3, -0.25) is 18.9 Å². The first-order valence-corrected chi connectivity index (χ1v) is 16.8. The van der Waals surface area contributed by atoms with Crippen LogP contribution in [-0.2, 0) is 24.6 Å². The molecule has 2 aromatic rings. The molecular weight excluding hydrogens is 641 g/mol. The molecule has 0 saturated carbocycles. The number of methoxy groups -OCH3 is 1. The van der Waals surface area contributed by atoms with E-state index in [9.17, 15) is 32.5 Å². The van der Waals surface area contributed by atoms with Crippen molar-refractivity contribution >= 4 is 42.3 Å².